The molecule has 146 valence electrons. The first-order chi connectivity index (χ1) is 12.7. The van der Waals surface area contributed by atoms with Crippen LogP contribution in [0, 0.1) is 0 Å². The molecule has 2 aromatic rings. The predicted molar refractivity (Wildman–Crippen MR) is 118 cm³/mol. The van der Waals surface area contributed by atoms with Crippen molar-refractivity contribution in [3.63, 3.8) is 0 Å². The summed E-state index contributed by atoms with van der Waals surface area (Å²) in [6.07, 6.45) is 0.696. The highest BCUT2D eigenvalue weighted by Crippen LogP contribution is 2.30. The lowest BCUT2D eigenvalue weighted by Crippen LogP contribution is -2.40. The molecule has 3 rings (SSSR count). The molecule has 1 atom stereocenters. The number of ether oxygens (including phenoxy) is 2. The number of aliphatic imine (C=N–C) groups is 1. The maximum Gasteiger partial charge on any atom is 0.191 e. The summed E-state index contributed by atoms with van der Waals surface area (Å²) in [7, 11) is 0. The number of hydrogen-bond acceptors (Lipinski definition) is 4. The second-order valence-electron chi connectivity index (χ2n) is 6.06. The van der Waals surface area contributed by atoms with Crippen molar-refractivity contribution in [2.24, 2.45) is 4.99 Å². The first kappa shape index (κ1) is 21.1. The van der Waals surface area contributed by atoms with E-state index in [2.05, 4.69) is 15.6 Å². The van der Waals surface area contributed by atoms with Crippen molar-refractivity contribution in [3.8, 4) is 17.2 Å². The zero-order valence-electron chi connectivity index (χ0n) is 15.4. The summed E-state index contributed by atoms with van der Waals surface area (Å²) in [5.41, 5.74) is 1.08. The third-order valence-electron chi connectivity index (χ3n) is 3.98. The molecule has 1 aliphatic rings. The number of para-hydroxylation sites is 2. The summed E-state index contributed by atoms with van der Waals surface area (Å²) in [6, 6.07) is 15.0. The summed E-state index contributed by atoms with van der Waals surface area (Å²) in [6.45, 7) is 4.53. The molecule has 0 radical (unpaired) electrons. The lowest BCUT2D eigenvalue weighted by atomic mass is 10.1. The highest BCUT2D eigenvalue weighted by atomic mass is 127. The van der Waals surface area contributed by atoms with Gasteiger partial charge in [0, 0.05) is 13.1 Å². The Morgan fingerprint density at radius 1 is 1.15 bits per heavy atom. The van der Waals surface area contributed by atoms with Gasteiger partial charge in [0.2, 0.25) is 0 Å². The smallest absolute Gasteiger partial charge is 0.191 e. The van der Waals surface area contributed by atoms with Gasteiger partial charge in [-0.1, -0.05) is 24.3 Å². The van der Waals surface area contributed by atoms with Crippen LogP contribution >= 0.6 is 24.0 Å². The molecule has 3 N–H and O–H groups in total. The highest BCUT2D eigenvalue weighted by Gasteiger charge is 2.20. The monoisotopic (exact) mass is 483 g/mol. The van der Waals surface area contributed by atoms with Gasteiger partial charge < -0.3 is 25.2 Å². The minimum absolute atomic E-state index is 0. The van der Waals surface area contributed by atoms with Crippen LogP contribution in [-0.2, 0) is 6.42 Å². The van der Waals surface area contributed by atoms with Gasteiger partial charge in [-0.15, -0.1) is 24.0 Å². The van der Waals surface area contributed by atoms with Crippen LogP contribution in [-0.4, -0.2) is 43.4 Å². The Morgan fingerprint density at radius 2 is 1.96 bits per heavy atom. The Hall–Kier alpha value is -2.16. The zero-order valence-corrected chi connectivity index (χ0v) is 17.7. The van der Waals surface area contributed by atoms with Crippen LogP contribution in [0.5, 0.6) is 17.2 Å². The van der Waals surface area contributed by atoms with E-state index in [9.17, 15) is 5.11 Å². The first-order valence-electron chi connectivity index (χ1n) is 8.93. The van der Waals surface area contributed by atoms with Crippen molar-refractivity contribution in [1.82, 2.24) is 10.6 Å². The molecule has 1 aliphatic heterocycles. The molecular formula is C20H26IN3O3. The second kappa shape index (κ2) is 10.9. The molecular weight excluding hydrogens is 457 g/mol. The van der Waals surface area contributed by atoms with E-state index in [-0.39, 0.29) is 35.8 Å². The summed E-state index contributed by atoms with van der Waals surface area (Å²) < 4.78 is 11.7. The average molecular weight is 483 g/mol. The Kier molecular flexibility index (Phi) is 8.50. The molecule has 0 aliphatic carbocycles. The SMILES string of the molecule is CCNC(=NCC1COc2ccccc2O1)NCCc1cccc(O)c1.I. The van der Waals surface area contributed by atoms with Crippen molar-refractivity contribution in [2.45, 2.75) is 19.4 Å². The number of nitrogens with one attached hydrogen (secondary N) is 2. The third-order valence-corrected chi connectivity index (χ3v) is 3.98. The number of rotatable bonds is 6. The summed E-state index contributed by atoms with van der Waals surface area (Å²) >= 11 is 0. The fourth-order valence-corrected chi connectivity index (χ4v) is 2.73. The number of phenols is 1. The summed E-state index contributed by atoms with van der Waals surface area (Å²) in [4.78, 5) is 4.60. The summed E-state index contributed by atoms with van der Waals surface area (Å²) in [5, 5.41) is 16.1. The lowest BCUT2D eigenvalue weighted by molar-refractivity contribution is 0.0971. The minimum atomic E-state index is -0.105. The van der Waals surface area contributed by atoms with E-state index in [1.165, 1.54) is 0 Å². The van der Waals surface area contributed by atoms with Gasteiger partial charge in [0.25, 0.3) is 0 Å². The zero-order chi connectivity index (χ0) is 18.2. The van der Waals surface area contributed by atoms with Crippen molar-refractivity contribution in [3.05, 3.63) is 54.1 Å². The molecule has 6 nitrogen and oxygen atoms in total. The number of phenolic OH excluding ortho intramolecular Hbond substituents is 1. The molecule has 0 spiro atoms. The van der Waals surface area contributed by atoms with Crippen molar-refractivity contribution in [2.75, 3.05) is 26.2 Å². The number of guanidine groups is 1. The molecule has 0 saturated carbocycles. The van der Waals surface area contributed by atoms with Gasteiger partial charge in [0.15, 0.2) is 23.6 Å². The van der Waals surface area contributed by atoms with Gasteiger partial charge in [-0.05, 0) is 43.2 Å². The normalized spacial score (nSPS) is 15.6. The lowest BCUT2D eigenvalue weighted by Gasteiger charge is -2.25. The van der Waals surface area contributed by atoms with E-state index < -0.39 is 0 Å². The number of aromatic hydroxyl groups is 1. The molecule has 0 saturated heterocycles. The van der Waals surface area contributed by atoms with Crippen molar-refractivity contribution < 1.29 is 14.6 Å². The van der Waals surface area contributed by atoms with E-state index >= 15 is 0 Å². The van der Waals surface area contributed by atoms with Gasteiger partial charge in [0.1, 0.15) is 12.4 Å². The van der Waals surface area contributed by atoms with Gasteiger partial charge in [-0.25, -0.2) is 4.99 Å². The van der Waals surface area contributed by atoms with E-state index in [1.54, 1.807) is 12.1 Å². The molecule has 1 heterocycles. The highest BCUT2D eigenvalue weighted by molar-refractivity contribution is 14.0. The fraction of sp³-hybridized carbons (Fsp3) is 0.350. The third kappa shape index (κ3) is 6.50. The second-order valence-corrected chi connectivity index (χ2v) is 6.06. The van der Waals surface area contributed by atoms with Crippen LogP contribution in [0.3, 0.4) is 0 Å². The van der Waals surface area contributed by atoms with E-state index in [4.69, 9.17) is 9.47 Å². The standard InChI is InChI=1S/C20H25N3O3.HI/c1-2-21-20(22-11-10-15-6-5-7-16(24)12-15)23-13-17-14-25-18-8-3-4-9-19(18)26-17;/h3-9,12,17,24H,2,10-11,13-14H2,1H3,(H2,21,22,23);1H. The molecule has 0 amide bonds. The molecule has 0 bridgehead atoms. The maximum atomic E-state index is 9.52. The first-order valence-corrected chi connectivity index (χ1v) is 8.93. The molecule has 1 unspecified atom stereocenters. The Labute approximate surface area is 177 Å². The molecule has 0 fully saturated rings. The minimum Gasteiger partial charge on any atom is -0.508 e. The largest absolute Gasteiger partial charge is 0.508 e. The van der Waals surface area contributed by atoms with Gasteiger partial charge in [-0.3, -0.25) is 0 Å². The Morgan fingerprint density at radius 3 is 2.74 bits per heavy atom. The predicted octanol–water partition coefficient (Wildman–Crippen LogP) is 2.95. The van der Waals surface area contributed by atoms with Crippen molar-refractivity contribution in [1.29, 1.82) is 0 Å². The van der Waals surface area contributed by atoms with E-state index in [0.717, 1.165) is 42.5 Å². The van der Waals surface area contributed by atoms with Crippen LogP contribution in [0.2, 0.25) is 0 Å². The quantitative estimate of drug-likeness (QED) is 0.335. The van der Waals surface area contributed by atoms with Crippen LogP contribution in [0.1, 0.15) is 12.5 Å². The van der Waals surface area contributed by atoms with E-state index in [1.807, 2.05) is 43.3 Å². The fourth-order valence-electron chi connectivity index (χ4n) is 2.73. The maximum absolute atomic E-state index is 9.52. The number of nitrogens with zero attached hydrogens (tertiary/aromatic N) is 1. The topological polar surface area (TPSA) is 75.1 Å². The average Bonchev–Trinajstić information content (AvgIpc) is 2.66. The number of fused-ring (bicyclic) bond motifs is 1. The Bertz CT molecular complexity index is 755. The van der Waals surface area contributed by atoms with Crippen LogP contribution in [0.15, 0.2) is 53.5 Å². The number of halogens is 1. The molecule has 0 aromatic heterocycles. The van der Waals surface area contributed by atoms with Crippen LogP contribution < -0.4 is 20.1 Å². The van der Waals surface area contributed by atoms with E-state index in [0.29, 0.717) is 13.2 Å². The molecule has 7 heteroatoms. The number of benzene rings is 2. The Balaban J connectivity index is 0.00000261. The van der Waals surface area contributed by atoms with Gasteiger partial charge in [0.05, 0.1) is 6.54 Å². The molecule has 2 aromatic carbocycles. The van der Waals surface area contributed by atoms with Crippen LogP contribution in [0.25, 0.3) is 0 Å². The van der Waals surface area contributed by atoms with Crippen molar-refractivity contribution >= 4 is 29.9 Å². The van der Waals surface area contributed by atoms with Gasteiger partial charge >= 0.3 is 0 Å². The molecule has 27 heavy (non-hydrogen) atoms. The van der Waals surface area contributed by atoms with Crippen LogP contribution in [0.4, 0.5) is 0 Å². The van der Waals surface area contributed by atoms with Gasteiger partial charge in [-0.2, -0.15) is 0 Å². The summed E-state index contributed by atoms with van der Waals surface area (Å²) in [5.74, 6) is 2.58. The number of hydrogen-bond donors (Lipinski definition) is 3.